The Hall–Kier alpha value is -3.30. The predicted molar refractivity (Wildman–Crippen MR) is 90.8 cm³/mol. The second-order valence-corrected chi connectivity index (χ2v) is 7.17. The van der Waals surface area contributed by atoms with E-state index in [2.05, 4.69) is 9.97 Å². The summed E-state index contributed by atoms with van der Waals surface area (Å²) >= 11 is 2.63. The zero-order valence-electron chi connectivity index (χ0n) is 12.5. The Morgan fingerprint density at radius 1 is 0.708 bits per heavy atom. The number of rotatable bonds is 0. The Morgan fingerprint density at radius 2 is 1.04 bits per heavy atom. The van der Waals surface area contributed by atoms with Crippen molar-refractivity contribution in [3.8, 4) is 24.3 Å². The molecule has 0 unspecified atom stereocenters. The zero-order chi connectivity index (χ0) is 17.4. The molecule has 3 aromatic rings. The molecule has 112 valence electrons. The number of fused-ring (bicyclic) bond motifs is 2. The van der Waals surface area contributed by atoms with Gasteiger partial charge in [-0.3, -0.25) is 0 Å². The molecule has 24 heavy (non-hydrogen) atoms. The fraction of sp³-hybridized carbons (Fsp3) is 0.125. The van der Waals surface area contributed by atoms with Gasteiger partial charge in [0.1, 0.15) is 35.4 Å². The summed E-state index contributed by atoms with van der Waals surface area (Å²) < 4.78 is 1.20. The van der Waals surface area contributed by atoms with E-state index in [1.54, 1.807) is 13.8 Å². The first-order valence-electron chi connectivity index (χ1n) is 6.61. The second kappa shape index (κ2) is 5.72. The number of thiazole rings is 2. The molecule has 0 amide bonds. The summed E-state index contributed by atoms with van der Waals surface area (Å²) in [5, 5.41) is 39.6. The van der Waals surface area contributed by atoms with Crippen LogP contribution in [-0.4, -0.2) is 9.97 Å². The van der Waals surface area contributed by atoms with Crippen LogP contribution in [0.15, 0.2) is 0 Å². The number of nitriles is 4. The van der Waals surface area contributed by atoms with E-state index >= 15 is 0 Å². The van der Waals surface area contributed by atoms with Crippen molar-refractivity contribution in [3.63, 3.8) is 0 Å². The van der Waals surface area contributed by atoms with Gasteiger partial charge >= 0.3 is 0 Å². The SMILES string of the molecule is Cc1nc2c(=C(C#N)C#N)c3sc(C)nc3c(=C(C#N)C#N)c2s1. The molecule has 0 aliphatic heterocycles. The number of hydrogen-bond acceptors (Lipinski definition) is 8. The van der Waals surface area contributed by atoms with Crippen molar-refractivity contribution in [3.05, 3.63) is 20.5 Å². The maximum absolute atomic E-state index is 9.32. The Balaban J connectivity index is 2.93. The van der Waals surface area contributed by atoms with Gasteiger partial charge in [-0.05, 0) is 13.8 Å². The van der Waals surface area contributed by atoms with E-state index in [0.717, 1.165) is 0 Å². The number of aromatic nitrogens is 2. The minimum atomic E-state index is -0.0547. The summed E-state index contributed by atoms with van der Waals surface area (Å²) in [6, 6.07) is 7.64. The second-order valence-electron chi connectivity index (χ2n) is 4.77. The van der Waals surface area contributed by atoms with Crippen molar-refractivity contribution in [2.45, 2.75) is 13.8 Å². The lowest BCUT2D eigenvalue weighted by Gasteiger charge is -1.97. The standard InChI is InChI=1S/C16H6N6S2/c1-7-21-13-11(9(3-17)4-18)16-14(22-8(2)24-16)12(15(13)23-7)10(5-19)6-20/h1-2H3. The molecule has 0 saturated carbocycles. The van der Waals surface area contributed by atoms with Crippen LogP contribution < -0.4 is 10.4 Å². The number of hydrogen-bond donors (Lipinski definition) is 0. The van der Waals surface area contributed by atoms with Gasteiger partial charge in [0, 0.05) is 10.4 Å². The minimum absolute atomic E-state index is 0.0547. The molecule has 1 aromatic carbocycles. The van der Waals surface area contributed by atoms with E-state index in [4.69, 9.17) is 0 Å². The molecule has 0 saturated heterocycles. The highest BCUT2D eigenvalue weighted by molar-refractivity contribution is 7.20. The van der Waals surface area contributed by atoms with Crippen molar-refractivity contribution < 1.29 is 0 Å². The summed E-state index contributed by atoms with van der Waals surface area (Å²) in [6.45, 7) is 3.59. The van der Waals surface area contributed by atoms with Gasteiger partial charge in [-0.25, -0.2) is 9.97 Å². The molecule has 2 heterocycles. The lowest BCUT2D eigenvalue weighted by molar-refractivity contribution is 1.33. The maximum Gasteiger partial charge on any atom is 0.140 e. The Bertz CT molecular complexity index is 1120. The smallest absolute Gasteiger partial charge is 0.140 e. The van der Waals surface area contributed by atoms with Gasteiger partial charge in [-0.1, -0.05) is 0 Å². The largest absolute Gasteiger partial charge is 0.241 e. The van der Waals surface area contributed by atoms with Gasteiger partial charge in [0.05, 0.1) is 30.4 Å². The van der Waals surface area contributed by atoms with Crippen LogP contribution in [0, 0.1) is 59.2 Å². The molecular formula is C16H6N6S2. The van der Waals surface area contributed by atoms with Gasteiger partial charge in [0.15, 0.2) is 0 Å². The summed E-state index contributed by atoms with van der Waals surface area (Å²) in [5.41, 5.74) is 0.816. The monoisotopic (exact) mass is 346 g/mol. The third kappa shape index (κ3) is 2.11. The van der Waals surface area contributed by atoms with Crippen LogP contribution in [0.5, 0.6) is 0 Å². The molecule has 3 rings (SSSR count). The first-order valence-corrected chi connectivity index (χ1v) is 8.24. The van der Waals surface area contributed by atoms with Gasteiger partial charge in [0.2, 0.25) is 0 Å². The predicted octanol–water partition coefficient (Wildman–Crippen LogP) is 1.92. The van der Waals surface area contributed by atoms with Crippen molar-refractivity contribution in [2.75, 3.05) is 0 Å². The zero-order valence-corrected chi connectivity index (χ0v) is 14.1. The number of aryl methyl sites for hydroxylation is 2. The lowest BCUT2D eigenvalue weighted by atomic mass is 10.1. The molecule has 0 aliphatic rings. The third-order valence-corrected chi connectivity index (χ3v) is 5.32. The summed E-state index contributed by atoms with van der Waals surface area (Å²) in [5.74, 6) is 0. The van der Waals surface area contributed by atoms with Crippen LogP contribution >= 0.6 is 22.7 Å². The molecule has 2 aromatic heterocycles. The van der Waals surface area contributed by atoms with Crippen LogP contribution in [0.3, 0.4) is 0 Å². The van der Waals surface area contributed by atoms with E-state index in [9.17, 15) is 21.0 Å². The van der Waals surface area contributed by atoms with Crippen molar-refractivity contribution in [1.29, 1.82) is 21.0 Å². The van der Waals surface area contributed by atoms with E-state index in [-0.39, 0.29) is 11.1 Å². The summed E-state index contributed by atoms with van der Waals surface area (Å²) in [7, 11) is 0. The van der Waals surface area contributed by atoms with Gasteiger partial charge in [-0.15, -0.1) is 22.7 Å². The highest BCUT2D eigenvalue weighted by Crippen LogP contribution is 2.24. The fourth-order valence-corrected chi connectivity index (χ4v) is 4.44. The fourth-order valence-electron chi connectivity index (χ4n) is 2.48. The Kier molecular flexibility index (Phi) is 3.72. The molecule has 6 nitrogen and oxygen atoms in total. The highest BCUT2D eigenvalue weighted by atomic mass is 32.1. The van der Waals surface area contributed by atoms with E-state index in [1.807, 2.05) is 24.3 Å². The molecule has 0 bridgehead atoms. The van der Waals surface area contributed by atoms with Crippen LogP contribution in [0.2, 0.25) is 0 Å². The molecule has 8 heteroatoms. The Morgan fingerprint density at radius 3 is 1.33 bits per heavy atom. The molecule has 0 atom stereocenters. The lowest BCUT2D eigenvalue weighted by Crippen LogP contribution is -2.16. The molecule has 0 N–H and O–H groups in total. The van der Waals surface area contributed by atoms with Crippen molar-refractivity contribution >= 4 is 54.3 Å². The average Bonchev–Trinajstić information content (AvgIpc) is 3.12. The first-order chi connectivity index (χ1) is 11.5. The van der Waals surface area contributed by atoms with Crippen LogP contribution in [0.25, 0.3) is 31.6 Å². The first kappa shape index (κ1) is 15.6. The molecule has 0 spiro atoms. The topological polar surface area (TPSA) is 121 Å². The van der Waals surface area contributed by atoms with Crippen LogP contribution in [-0.2, 0) is 0 Å². The number of nitrogens with zero attached hydrogens (tertiary/aromatic N) is 6. The van der Waals surface area contributed by atoms with Gasteiger partial charge in [0.25, 0.3) is 0 Å². The molecular weight excluding hydrogens is 340 g/mol. The van der Waals surface area contributed by atoms with E-state index in [1.165, 1.54) is 22.7 Å². The van der Waals surface area contributed by atoms with E-state index in [0.29, 0.717) is 40.9 Å². The summed E-state index contributed by atoms with van der Waals surface area (Å²) in [4.78, 5) is 8.89. The summed E-state index contributed by atoms with van der Waals surface area (Å²) in [6.07, 6.45) is 0. The molecule has 0 fully saturated rings. The quantitative estimate of drug-likeness (QED) is 0.613. The average molecular weight is 346 g/mol. The highest BCUT2D eigenvalue weighted by Gasteiger charge is 2.18. The molecule has 0 aliphatic carbocycles. The van der Waals surface area contributed by atoms with E-state index < -0.39 is 0 Å². The van der Waals surface area contributed by atoms with Crippen molar-refractivity contribution in [1.82, 2.24) is 9.97 Å². The van der Waals surface area contributed by atoms with Gasteiger partial charge < -0.3 is 0 Å². The van der Waals surface area contributed by atoms with Crippen molar-refractivity contribution in [2.24, 2.45) is 0 Å². The third-order valence-electron chi connectivity index (χ3n) is 3.34. The van der Waals surface area contributed by atoms with Crippen LogP contribution in [0.1, 0.15) is 10.0 Å². The normalized spacial score (nSPS) is 9.92. The maximum atomic E-state index is 9.32. The Labute approximate surface area is 144 Å². The van der Waals surface area contributed by atoms with Gasteiger partial charge in [-0.2, -0.15) is 21.0 Å². The number of benzene rings is 1. The minimum Gasteiger partial charge on any atom is -0.241 e. The van der Waals surface area contributed by atoms with Crippen LogP contribution in [0.4, 0.5) is 0 Å². The molecule has 0 radical (unpaired) electrons.